The van der Waals surface area contributed by atoms with Gasteiger partial charge in [-0.3, -0.25) is 4.99 Å². The van der Waals surface area contributed by atoms with Crippen LogP contribution in [0.25, 0.3) is 0 Å². The van der Waals surface area contributed by atoms with Crippen molar-refractivity contribution in [2.75, 3.05) is 31.1 Å². The molecule has 1 atom stereocenters. The van der Waals surface area contributed by atoms with Gasteiger partial charge >= 0.3 is 0 Å². The Kier molecular flexibility index (Phi) is 8.97. The molecule has 0 bridgehead atoms. The molecule has 0 aromatic rings. The van der Waals surface area contributed by atoms with Crippen LogP contribution in [-0.2, 0) is 9.84 Å². The quantitative estimate of drug-likeness (QED) is 0.412. The van der Waals surface area contributed by atoms with Crippen molar-refractivity contribution >= 4 is 39.8 Å². The summed E-state index contributed by atoms with van der Waals surface area (Å²) in [5, 5.41) is 6.40. The Bertz CT molecular complexity index is 382. The van der Waals surface area contributed by atoms with Crippen LogP contribution in [0.1, 0.15) is 27.2 Å². The molecule has 2 N–H and O–H groups in total. The monoisotopic (exact) mass is 403 g/mol. The molecule has 1 saturated heterocycles. The Balaban J connectivity index is 0.00000324. The second-order valence-corrected chi connectivity index (χ2v) is 7.49. The summed E-state index contributed by atoms with van der Waals surface area (Å²) in [7, 11) is -2.78. The third-order valence-corrected chi connectivity index (χ3v) is 4.68. The van der Waals surface area contributed by atoms with E-state index in [9.17, 15) is 8.42 Å². The minimum absolute atomic E-state index is 0. The average Bonchev–Trinajstić information content (AvgIpc) is 2.62. The number of halogens is 1. The Morgan fingerprint density at radius 1 is 1.37 bits per heavy atom. The van der Waals surface area contributed by atoms with Gasteiger partial charge in [-0.25, -0.2) is 8.42 Å². The van der Waals surface area contributed by atoms with Gasteiger partial charge in [0.25, 0.3) is 0 Å². The predicted octanol–water partition coefficient (Wildman–Crippen LogP) is 1.25. The molecule has 0 amide bonds. The van der Waals surface area contributed by atoms with Crippen LogP contribution < -0.4 is 10.6 Å². The number of nitrogens with one attached hydrogen (secondary N) is 2. The van der Waals surface area contributed by atoms with E-state index in [1.165, 1.54) is 0 Å². The molecule has 1 heterocycles. The van der Waals surface area contributed by atoms with Crippen molar-refractivity contribution in [3.8, 4) is 0 Å². The van der Waals surface area contributed by atoms with Gasteiger partial charge in [0.05, 0.1) is 11.5 Å². The maximum Gasteiger partial charge on any atom is 0.191 e. The maximum absolute atomic E-state index is 11.4. The summed E-state index contributed by atoms with van der Waals surface area (Å²) in [5.41, 5.74) is 0. The Morgan fingerprint density at radius 2 is 2.05 bits per heavy atom. The molecule has 0 aromatic carbocycles. The van der Waals surface area contributed by atoms with Gasteiger partial charge in [-0.2, -0.15) is 0 Å². The van der Waals surface area contributed by atoms with Gasteiger partial charge in [-0.1, -0.05) is 13.8 Å². The van der Waals surface area contributed by atoms with Gasteiger partial charge in [0.2, 0.25) is 0 Å². The molecule has 19 heavy (non-hydrogen) atoms. The first kappa shape index (κ1) is 18.9. The second-order valence-electron chi connectivity index (χ2n) is 5.26. The SMILES string of the molecule is CCNC(=NCC(C)C)NCC1CCS(=O)(=O)C1.I. The van der Waals surface area contributed by atoms with Crippen LogP contribution in [-0.4, -0.2) is 45.5 Å². The molecule has 114 valence electrons. The van der Waals surface area contributed by atoms with Crippen LogP contribution in [0.15, 0.2) is 4.99 Å². The summed E-state index contributed by atoms with van der Waals surface area (Å²) in [5.74, 6) is 2.17. The van der Waals surface area contributed by atoms with E-state index in [4.69, 9.17) is 0 Å². The van der Waals surface area contributed by atoms with Crippen LogP contribution in [0.3, 0.4) is 0 Å². The van der Waals surface area contributed by atoms with E-state index >= 15 is 0 Å². The smallest absolute Gasteiger partial charge is 0.191 e. The number of hydrogen-bond donors (Lipinski definition) is 2. The van der Waals surface area contributed by atoms with E-state index in [1.54, 1.807) is 0 Å². The Morgan fingerprint density at radius 3 is 2.53 bits per heavy atom. The molecule has 0 aromatic heterocycles. The van der Waals surface area contributed by atoms with E-state index in [-0.39, 0.29) is 29.9 Å². The normalized spacial score (nSPS) is 22.1. The van der Waals surface area contributed by atoms with Crippen LogP contribution >= 0.6 is 24.0 Å². The zero-order valence-corrected chi connectivity index (χ0v) is 15.1. The zero-order chi connectivity index (χ0) is 13.6. The lowest BCUT2D eigenvalue weighted by molar-refractivity contribution is 0.565. The highest BCUT2D eigenvalue weighted by atomic mass is 127. The molecule has 0 spiro atoms. The molecular weight excluding hydrogens is 377 g/mol. The highest BCUT2D eigenvalue weighted by molar-refractivity contribution is 14.0. The first-order chi connectivity index (χ1) is 8.43. The fourth-order valence-corrected chi connectivity index (χ4v) is 3.75. The van der Waals surface area contributed by atoms with Crippen molar-refractivity contribution < 1.29 is 8.42 Å². The van der Waals surface area contributed by atoms with E-state index in [0.29, 0.717) is 24.0 Å². The van der Waals surface area contributed by atoms with Crippen molar-refractivity contribution in [3.63, 3.8) is 0 Å². The second kappa shape index (κ2) is 8.99. The topological polar surface area (TPSA) is 70.6 Å². The van der Waals surface area contributed by atoms with E-state index in [1.807, 2.05) is 6.92 Å². The van der Waals surface area contributed by atoms with Crippen LogP contribution in [0.5, 0.6) is 0 Å². The average molecular weight is 403 g/mol. The van der Waals surface area contributed by atoms with Gasteiger partial charge in [0.1, 0.15) is 0 Å². The Hall–Kier alpha value is -0.0500. The summed E-state index contributed by atoms with van der Waals surface area (Å²) >= 11 is 0. The number of hydrogen-bond acceptors (Lipinski definition) is 3. The van der Waals surface area contributed by atoms with E-state index < -0.39 is 9.84 Å². The molecular formula is C12H26IN3O2S. The van der Waals surface area contributed by atoms with Crippen molar-refractivity contribution in [2.45, 2.75) is 27.2 Å². The molecule has 5 nitrogen and oxygen atoms in total. The fourth-order valence-electron chi connectivity index (χ4n) is 1.89. The minimum Gasteiger partial charge on any atom is -0.357 e. The van der Waals surface area contributed by atoms with Gasteiger partial charge in [0, 0.05) is 19.6 Å². The summed E-state index contributed by atoms with van der Waals surface area (Å²) in [6.45, 7) is 8.54. The summed E-state index contributed by atoms with van der Waals surface area (Å²) < 4.78 is 22.7. The fraction of sp³-hybridized carbons (Fsp3) is 0.917. The summed E-state index contributed by atoms with van der Waals surface area (Å²) in [6, 6.07) is 0. The largest absolute Gasteiger partial charge is 0.357 e. The number of rotatable bonds is 5. The number of nitrogens with zero attached hydrogens (tertiary/aromatic N) is 1. The standard InChI is InChI=1S/C12H25N3O2S.HI/c1-4-13-12(14-7-10(2)3)15-8-11-5-6-18(16,17)9-11;/h10-11H,4-9H2,1-3H3,(H2,13,14,15);1H. The lowest BCUT2D eigenvalue weighted by Gasteiger charge is -2.14. The van der Waals surface area contributed by atoms with E-state index in [0.717, 1.165) is 25.5 Å². The van der Waals surface area contributed by atoms with Gasteiger partial charge < -0.3 is 10.6 Å². The van der Waals surface area contributed by atoms with Crippen molar-refractivity contribution in [1.82, 2.24) is 10.6 Å². The third kappa shape index (κ3) is 7.96. The molecule has 7 heteroatoms. The number of sulfone groups is 1. The molecule has 1 fully saturated rings. The highest BCUT2D eigenvalue weighted by Gasteiger charge is 2.27. The molecule has 0 saturated carbocycles. The zero-order valence-electron chi connectivity index (χ0n) is 12.0. The number of aliphatic imine (C=N–C) groups is 1. The Labute approximate surface area is 134 Å². The number of guanidine groups is 1. The van der Waals surface area contributed by atoms with Crippen LogP contribution in [0, 0.1) is 11.8 Å². The molecule has 1 rings (SSSR count). The van der Waals surface area contributed by atoms with Gasteiger partial charge in [-0.15, -0.1) is 24.0 Å². The lowest BCUT2D eigenvalue weighted by atomic mass is 10.1. The first-order valence-electron chi connectivity index (χ1n) is 6.65. The first-order valence-corrected chi connectivity index (χ1v) is 8.47. The highest BCUT2D eigenvalue weighted by Crippen LogP contribution is 2.17. The molecule has 0 aliphatic carbocycles. The molecule has 1 aliphatic heterocycles. The predicted molar refractivity (Wildman–Crippen MR) is 91.0 cm³/mol. The van der Waals surface area contributed by atoms with Crippen molar-refractivity contribution in [3.05, 3.63) is 0 Å². The minimum atomic E-state index is -2.78. The lowest BCUT2D eigenvalue weighted by Crippen LogP contribution is -2.40. The molecule has 0 radical (unpaired) electrons. The van der Waals surface area contributed by atoms with Gasteiger partial charge in [-0.05, 0) is 25.2 Å². The summed E-state index contributed by atoms with van der Waals surface area (Å²) in [6.07, 6.45) is 0.763. The van der Waals surface area contributed by atoms with Crippen molar-refractivity contribution in [1.29, 1.82) is 0 Å². The van der Waals surface area contributed by atoms with Crippen molar-refractivity contribution in [2.24, 2.45) is 16.8 Å². The molecule has 1 aliphatic rings. The summed E-state index contributed by atoms with van der Waals surface area (Å²) in [4.78, 5) is 4.46. The molecule has 1 unspecified atom stereocenters. The third-order valence-electron chi connectivity index (χ3n) is 2.84. The van der Waals surface area contributed by atoms with Crippen LogP contribution in [0.4, 0.5) is 0 Å². The van der Waals surface area contributed by atoms with Gasteiger partial charge in [0.15, 0.2) is 15.8 Å². The maximum atomic E-state index is 11.4. The van der Waals surface area contributed by atoms with E-state index in [2.05, 4.69) is 29.5 Å². The van der Waals surface area contributed by atoms with Crippen LogP contribution in [0.2, 0.25) is 0 Å².